The zero-order chi connectivity index (χ0) is 13.4. The Hall–Kier alpha value is -0.650. The second kappa shape index (κ2) is 7.71. The first-order valence-corrected chi connectivity index (χ1v) is 6.96. The Morgan fingerprint density at radius 2 is 2.00 bits per heavy atom. The number of likely N-dealkylation sites (N-methyl/N-ethyl adjacent to an activating group) is 1. The van der Waals surface area contributed by atoms with Crippen molar-refractivity contribution in [1.82, 2.24) is 10.3 Å². The molecule has 4 N–H and O–H groups in total. The van der Waals surface area contributed by atoms with Crippen LogP contribution in [0.1, 0.15) is 51.4 Å². The maximum Gasteiger partial charge on any atom is 0.233 e. The van der Waals surface area contributed by atoms with Gasteiger partial charge in [-0.15, -0.1) is 0 Å². The van der Waals surface area contributed by atoms with E-state index in [9.17, 15) is 9.90 Å². The van der Waals surface area contributed by atoms with Crippen LogP contribution < -0.4 is 11.3 Å². The quantitative estimate of drug-likeness (QED) is 0.260. The molecule has 0 radical (unpaired) electrons. The molecule has 0 bridgehead atoms. The molecule has 1 aliphatic rings. The van der Waals surface area contributed by atoms with Gasteiger partial charge in [0, 0.05) is 13.0 Å². The third-order valence-electron chi connectivity index (χ3n) is 3.70. The molecule has 1 saturated carbocycles. The molecular formula is C13H27N3O2. The van der Waals surface area contributed by atoms with Gasteiger partial charge in [-0.1, -0.05) is 19.3 Å². The summed E-state index contributed by atoms with van der Waals surface area (Å²) in [6.45, 7) is 1.75. The van der Waals surface area contributed by atoms with E-state index in [-0.39, 0.29) is 5.91 Å². The fraction of sp³-hybridized carbons (Fsp3) is 0.923. The van der Waals surface area contributed by atoms with Crippen molar-refractivity contribution in [2.75, 3.05) is 20.1 Å². The third kappa shape index (κ3) is 5.80. The molecule has 106 valence electrons. The minimum absolute atomic E-state index is 0.0939. The first-order chi connectivity index (χ1) is 8.56. The van der Waals surface area contributed by atoms with Gasteiger partial charge in [0.1, 0.15) is 0 Å². The summed E-state index contributed by atoms with van der Waals surface area (Å²) in [6, 6.07) is 0. The second-order valence-electron chi connectivity index (χ2n) is 5.55. The van der Waals surface area contributed by atoms with Gasteiger partial charge in [0.05, 0.1) is 5.60 Å². The Balaban J connectivity index is 2.03. The van der Waals surface area contributed by atoms with Crippen LogP contribution in [0.4, 0.5) is 0 Å². The summed E-state index contributed by atoms with van der Waals surface area (Å²) < 4.78 is 0. The summed E-state index contributed by atoms with van der Waals surface area (Å²) in [5.41, 5.74) is 1.69. The second-order valence-corrected chi connectivity index (χ2v) is 5.55. The van der Waals surface area contributed by atoms with E-state index in [0.717, 1.165) is 58.0 Å². The number of aliphatic hydroxyl groups is 1. The molecule has 0 atom stereocenters. The van der Waals surface area contributed by atoms with Crippen LogP contribution in [0, 0.1) is 0 Å². The van der Waals surface area contributed by atoms with Crippen molar-refractivity contribution in [3.05, 3.63) is 0 Å². The molecule has 0 heterocycles. The molecule has 1 amide bonds. The summed E-state index contributed by atoms with van der Waals surface area (Å²) in [5, 5.41) is 10.3. The summed E-state index contributed by atoms with van der Waals surface area (Å²) >= 11 is 0. The molecule has 0 saturated heterocycles. The number of hydrazine groups is 1. The van der Waals surface area contributed by atoms with E-state index in [4.69, 9.17) is 5.84 Å². The van der Waals surface area contributed by atoms with E-state index in [1.807, 2.05) is 0 Å². The lowest BCUT2D eigenvalue weighted by Gasteiger charge is -2.28. The van der Waals surface area contributed by atoms with Crippen molar-refractivity contribution in [1.29, 1.82) is 0 Å². The van der Waals surface area contributed by atoms with Crippen LogP contribution in [0.25, 0.3) is 0 Å². The van der Waals surface area contributed by atoms with Gasteiger partial charge >= 0.3 is 0 Å². The Morgan fingerprint density at radius 3 is 2.61 bits per heavy atom. The van der Waals surface area contributed by atoms with Crippen molar-refractivity contribution in [2.24, 2.45) is 5.84 Å². The van der Waals surface area contributed by atoms with E-state index in [2.05, 4.69) is 17.4 Å². The number of nitrogens with two attached hydrogens (primary N) is 1. The third-order valence-corrected chi connectivity index (χ3v) is 3.70. The van der Waals surface area contributed by atoms with Crippen molar-refractivity contribution < 1.29 is 9.90 Å². The van der Waals surface area contributed by atoms with E-state index >= 15 is 0 Å². The van der Waals surface area contributed by atoms with Crippen LogP contribution in [0.3, 0.4) is 0 Å². The number of nitrogens with zero attached hydrogens (tertiary/aromatic N) is 1. The summed E-state index contributed by atoms with van der Waals surface area (Å²) in [6.07, 6.45) is 7.64. The molecule has 1 fully saturated rings. The molecule has 0 aromatic rings. The van der Waals surface area contributed by atoms with Gasteiger partial charge in [0.2, 0.25) is 5.91 Å². The average Bonchev–Trinajstić information content (AvgIpc) is 2.74. The molecule has 0 aliphatic heterocycles. The monoisotopic (exact) mass is 257 g/mol. The number of unbranched alkanes of at least 4 members (excludes halogenated alkanes) is 2. The largest absolute Gasteiger partial charge is 0.389 e. The van der Waals surface area contributed by atoms with Crippen molar-refractivity contribution >= 4 is 5.91 Å². The lowest BCUT2D eigenvalue weighted by atomic mass is 10.0. The van der Waals surface area contributed by atoms with Gasteiger partial charge in [0.25, 0.3) is 0 Å². The zero-order valence-electron chi connectivity index (χ0n) is 11.5. The number of nitrogens with one attached hydrogen (secondary N) is 1. The number of rotatable bonds is 8. The molecule has 5 nitrogen and oxygen atoms in total. The molecule has 0 aromatic heterocycles. The normalized spacial score (nSPS) is 18.2. The molecule has 5 heteroatoms. The highest BCUT2D eigenvalue weighted by atomic mass is 16.3. The summed E-state index contributed by atoms with van der Waals surface area (Å²) in [5.74, 6) is 4.91. The van der Waals surface area contributed by atoms with Crippen LogP contribution in [0.5, 0.6) is 0 Å². The van der Waals surface area contributed by atoms with Gasteiger partial charge in [-0.25, -0.2) is 5.84 Å². The van der Waals surface area contributed by atoms with Gasteiger partial charge in [-0.2, -0.15) is 0 Å². The topological polar surface area (TPSA) is 78.6 Å². The highest BCUT2D eigenvalue weighted by Crippen LogP contribution is 2.29. The molecule has 1 rings (SSSR count). The van der Waals surface area contributed by atoms with Crippen molar-refractivity contribution in [2.45, 2.75) is 57.0 Å². The fourth-order valence-corrected chi connectivity index (χ4v) is 2.69. The molecule has 0 aromatic carbocycles. The first kappa shape index (κ1) is 15.4. The summed E-state index contributed by atoms with van der Waals surface area (Å²) in [7, 11) is 2.06. The molecule has 1 aliphatic carbocycles. The van der Waals surface area contributed by atoms with Crippen LogP contribution >= 0.6 is 0 Å². The maximum atomic E-state index is 10.9. The molecule has 18 heavy (non-hydrogen) atoms. The van der Waals surface area contributed by atoms with Crippen LogP contribution in [0.2, 0.25) is 0 Å². The van der Waals surface area contributed by atoms with Crippen LogP contribution in [0.15, 0.2) is 0 Å². The number of hydrogen-bond donors (Lipinski definition) is 3. The zero-order valence-corrected chi connectivity index (χ0v) is 11.5. The predicted molar refractivity (Wildman–Crippen MR) is 71.7 cm³/mol. The Morgan fingerprint density at radius 1 is 1.33 bits per heavy atom. The minimum Gasteiger partial charge on any atom is -0.389 e. The van der Waals surface area contributed by atoms with Gasteiger partial charge < -0.3 is 10.0 Å². The van der Waals surface area contributed by atoms with E-state index in [1.54, 1.807) is 0 Å². The number of amides is 1. The fourth-order valence-electron chi connectivity index (χ4n) is 2.69. The first-order valence-electron chi connectivity index (χ1n) is 6.96. The van der Waals surface area contributed by atoms with Crippen LogP contribution in [-0.2, 0) is 4.79 Å². The minimum atomic E-state index is -0.450. The molecule has 0 spiro atoms. The van der Waals surface area contributed by atoms with Crippen LogP contribution in [-0.4, -0.2) is 41.7 Å². The lowest BCUT2D eigenvalue weighted by molar-refractivity contribution is -0.121. The summed E-state index contributed by atoms with van der Waals surface area (Å²) in [4.78, 5) is 13.1. The van der Waals surface area contributed by atoms with E-state index in [1.165, 1.54) is 0 Å². The van der Waals surface area contributed by atoms with Gasteiger partial charge in [-0.3, -0.25) is 10.2 Å². The molecule has 0 unspecified atom stereocenters. The smallest absolute Gasteiger partial charge is 0.233 e. The Bertz CT molecular complexity index is 253. The number of hydrogen-bond acceptors (Lipinski definition) is 4. The Labute approximate surface area is 110 Å². The van der Waals surface area contributed by atoms with E-state index in [0.29, 0.717) is 6.42 Å². The standard InChI is InChI=1S/C13H27N3O2/c1-16(11-13(18)8-4-5-9-13)10-6-2-3-7-12(17)15-14/h18H,2-11,14H2,1H3,(H,15,17). The van der Waals surface area contributed by atoms with Crippen molar-refractivity contribution in [3.63, 3.8) is 0 Å². The van der Waals surface area contributed by atoms with Gasteiger partial charge in [-0.05, 0) is 39.3 Å². The molecular weight excluding hydrogens is 230 g/mol. The average molecular weight is 257 g/mol. The SMILES string of the molecule is CN(CCCCCC(=O)NN)CC1(O)CCCC1. The highest BCUT2D eigenvalue weighted by molar-refractivity contribution is 5.74. The lowest BCUT2D eigenvalue weighted by Crippen LogP contribution is -2.39. The Kier molecular flexibility index (Phi) is 6.60. The highest BCUT2D eigenvalue weighted by Gasteiger charge is 2.31. The van der Waals surface area contributed by atoms with Gasteiger partial charge in [0.15, 0.2) is 0 Å². The number of carbonyl (C=O) groups excluding carboxylic acids is 1. The number of carbonyl (C=O) groups is 1. The van der Waals surface area contributed by atoms with E-state index < -0.39 is 5.60 Å². The maximum absolute atomic E-state index is 10.9. The predicted octanol–water partition coefficient (Wildman–Crippen LogP) is 0.774. The van der Waals surface area contributed by atoms with Crippen molar-refractivity contribution in [3.8, 4) is 0 Å².